The van der Waals surface area contributed by atoms with Gasteiger partial charge in [0.15, 0.2) is 5.78 Å². The Morgan fingerprint density at radius 3 is 3.15 bits per heavy atom. The molecule has 1 N–H and O–H groups in total. The Morgan fingerprint density at radius 2 is 2.40 bits per heavy atom. The molecule has 20 heavy (non-hydrogen) atoms. The van der Waals surface area contributed by atoms with Gasteiger partial charge in [-0.3, -0.25) is 15.0 Å². The van der Waals surface area contributed by atoms with Crippen molar-refractivity contribution in [2.24, 2.45) is 0 Å². The minimum absolute atomic E-state index is 0.0132. The second kappa shape index (κ2) is 5.76. The fourth-order valence-electron chi connectivity index (χ4n) is 3.21. The molecular weight excluding hydrogens is 278 g/mol. The summed E-state index contributed by atoms with van der Waals surface area (Å²) < 4.78 is 7.47. The van der Waals surface area contributed by atoms with E-state index >= 15 is 0 Å². The van der Waals surface area contributed by atoms with Crippen molar-refractivity contribution in [3.63, 3.8) is 0 Å². The van der Waals surface area contributed by atoms with Crippen LogP contribution < -0.4 is 10.1 Å². The summed E-state index contributed by atoms with van der Waals surface area (Å²) in [4.78, 5) is 14.6. The highest BCUT2D eigenvalue weighted by Crippen LogP contribution is 2.32. The number of hydrogen-bond acceptors (Lipinski definition) is 4. The van der Waals surface area contributed by atoms with Crippen LogP contribution in [0.2, 0.25) is 0 Å². The number of rotatable bonds is 4. The Bertz CT molecular complexity index is 503. The number of carbonyl (C=O) groups is 1. The van der Waals surface area contributed by atoms with Gasteiger partial charge < -0.3 is 9.30 Å². The van der Waals surface area contributed by atoms with Gasteiger partial charge in [0, 0.05) is 49.9 Å². The molecule has 3 heterocycles. The fraction of sp³-hybridized carbons (Fsp3) is 0.643. The fourth-order valence-corrected chi connectivity index (χ4v) is 3.33. The van der Waals surface area contributed by atoms with Crippen LogP contribution in [0.3, 0.4) is 0 Å². The van der Waals surface area contributed by atoms with Crippen molar-refractivity contribution in [1.82, 2.24) is 14.8 Å². The predicted octanol–water partition coefficient (Wildman–Crippen LogP) is 1.37. The highest BCUT2D eigenvalue weighted by atomic mass is 35.5. The van der Waals surface area contributed by atoms with Crippen LogP contribution in [-0.2, 0) is 11.3 Å². The van der Waals surface area contributed by atoms with E-state index in [1.807, 2.05) is 12.3 Å². The molecule has 6 heteroatoms. The van der Waals surface area contributed by atoms with Crippen molar-refractivity contribution in [2.45, 2.75) is 31.6 Å². The van der Waals surface area contributed by atoms with Crippen LogP contribution in [0.5, 0.6) is 5.75 Å². The van der Waals surface area contributed by atoms with E-state index in [1.54, 1.807) is 7.11 Å². The number of ketones is 1. The molecule has 1 saturated heterocycles. The molecule has 0 aliphatic carbocycles. The third kappa shape index (κ3) is 2.34. The summed E-state index contributed by atoms with van der Waals surface area (Å²) >= 11 is 5.81. The van der Waals surface area contributed by atoms with E-state index in [-0.39, 0.29) is 12.2 Å². The standard InChI is InChI=1S/C14H20ClN3O2/c1-20-11-7-10-8-17(6-2-4-15)13-12(19)3-5-16-14(13)18(10)9-11/h7,9,13-14,16H,2-6,8H2,1H3. The summed E-state index contributed by atoms with van der Waals surface area (Å²) in [6.45, 7) is 2.36. The molecule has 1 fully saturated rings. The summed E-state index contributed by atoms with van der Waals surface area (Å²) in [5.41, 5.74) is 1.18. The quantitative estimate of drug-likeness (QED) is 0.853. The van der Waals surface area contributed by atoms with Crippen LogP contribution in [0.15, 0.2) is 12.3 Å². The van der Waals surface area contributed by atoms with Crippen LogP contribution >= 0.6 is 11.6 Å². The van der Waals surface area contributed by atoms with Gasteiger partial charge in [0.05, 0.1) is 7.11 Å². The lowest BCUT2D eigenvalue weighted by Gasteiger charge is -2.44. The zero-order valence-electron chi connectivity index (χ0n) is 11.6. The van der Waals surface area contributed by atoms with Gasteiger partial charge in [-0.15, -0.1) is 11.6 Å². The third-order valence-electron chi connectivity index (χ3n) is 4.13. The molecule has 0 bridgehead atoms. The van der Waals surface area contributed by atoms with Crippen molar-refractivity contribution in [3.8, 4) is 5.75 Å². The average molecular weight is 298 g/mol. The SMILES string of the molecule is COc1cc2n(c1)C1NCCC(=O)C1N(CCCCl)C2. The van der Waals surface area contributed by atoms with E-state index in [0.29, 0.717) is 18.1 Å². The van der Waals surface area contributed by atoms with E-state index in [1.165, 1.54) is 5.69 Å². The third-order valence-corrected chi connectivity index (χ3v) is 4.40. The number of hydrogen-bond donors (Lipinski definition) is 1. The molecule has 2 aliphatic heterocycles. The Kier molecular flexibility index (Phi) is 4.01. The summed E-state index contributed by atoms with van der Waals surface area (Å²) in [5.74, 6) is 1.79. The molecule has 0 radical (unpaired) electrons. The molecule has 1 aromatic heterocycles. The summed E-state index contributed by atoms with van der Waals surface area (Å²) in [5, 5.41) is 3.46. The number of halogens is 1. The first kappa shape index (κ1) is 13.9. The van der Waals surface area contributed by atoms with Crippen molar-refractivity contribution in [2.75, 3.05) is 26.1 Å². The molecule has 2 aliphatic rings. The number of aromatic nitrogens is 1. The molecule has 110 valence electrons. The number of nitrogens with zero attached hydrogens (tertiary/aromatic N) is 2. The first-order valence-electron chi connectivity index (χ1n) is 7.05. The van der Waals surface area contributed by atoms with Crippen molar-refractivity contribution in [3.05, 3.63) is 18.0 Å². The van der Waals surface area contributed by atoms with E-state index in [0.717, 1.165) is 31.8 Å². The number of fused-ring (bicyclic) bond motifs is 3. The Morgan fingerprint density at radius 1 is 1.55 bits per heavy atom. The van der Waals surface area contributed by atoms with Gasteiger partial charge in [-0.1, -0.05) is 0 Å². The predicted molar refractivity (Wildman–Crippen MR) is 77.2 cm³/mol. The van der Waals surface area contributed by atoms with Gasteiger partial charge in [-0.05, 0) is 6.42 Å². The molecule has 0 saturated carbocycles. The average Bonchev–Trinajstić information content (AvgIpc) is 2.88. The van der Waals surface area contributed by atoms with E-state index in [2.05, 4.69) is 14.8 Å². The van der Waals surface area contributed by atoms with Gasteiger partial charge in [0.25, 0.3) is 0 Å². The van der Waals surface area contributed by atoms with Gasteiger partial charge in [-0.2, -0.15) is 0 Å². The molecule has 5 nitrogen and oxygen atoms in total. The van der Waals surface area contributed by atoms with Gasteiger partial charge in [0.1, 0.15) is 18.0 Å². The lowest BCUT2D eigenvalue weighted by molar-refractivity contribution is -0.130. The van der Waals surface area contributed by atoms with Gasteiger partial charge >= 0.3 is 0 Å². The van der Waals surface area contributed by atoms with Crippen LogP contribution in [-0.4, -0.2) is 47.4 Å². The lowest BCUT2D eigenvalue weighted by atomic mass is 9.97. The smallest absolute Gasteiger partial charge is 0.154 e. The van der Waals surface area contributed by atoms with Crippen LogP contribution in [0.4, 0.5) is 0 Å². The number of nitrogens with one attached hydrogen (secondary N) is 1. The van der Waals surface area contributed by atoms with Crippen LogP contribution in [0.25, 0.3) is 0 Å². The Balaban J connectivity index is 1.93. The topological polar surface area (TPSA) is 46.5 Å². The number of piperidine rings is 1. The summed E-state index contributed by atoms with van der Waals surface area (Å²) in [7, 11) is 1.67. The Labute approximate surface area is 123 Å². The molecule has 0 amide bonds. The second-order valence-corrected chi connectivity index (χ2v) is 5.73. The minimum atomic E-state index is -0.0865. The maximum absolute atomic E-state index is 12.3. The number of methoxy groups -OCH3 is 1. The number of carbonyl (C=O) groups excluding carboxylic acids is 1. The minimum Gasteiger partial charge on any atom is -0.495 e. The summed E-state index contributed by atoms with van der Waals surface area (Å²) in [6.07, 6.45) is 3.50. The molecule has 2 unspecified atom stereocenters. The van der Waals surface area contributed by atoms with Crippen molar-refractivity contribution >= 4 is 17.4 Å². The van der Waals surface area contributed by atoms with Gasteiger partial charge in [0.2, 0.25) is 0 Å². The molecule has 0 spiro atoms. The normalized spacial score (nSPS) is 26.2. The van der Waals surface area contributed by atoms with E-state index in [9.17, 15) is 4.79 Å². The van der Waals surface area contributed by atoms with Crippen LogP contribution in [0.1, 0.15) is 24.7 Å². The maximum Gasteiger partial charge on any atom is 0.154 e. The number of ether oxygens (including phenoxy) is 1. The first-order chi connectivity index (χ1) is 9.74. The number of Topliss-reactive ketones (excluding diaryl/α,β-unsaturated/α-hetero) is 1. The monoisotopic (exact) mass is 297 g/mol. The first-order valence-corrected chi connectivity index (χ1v) is 7.59. The Hall–Kier alpha value is -1.04. The van der Waals surface area contributed by atoms with Crippen molar-refractivity contribution < 1.29 is 9.53 Å². The maximum atomic E-state index is 12.3. The van der Waals surface area contributed by atoms with Crippen LogP contribution in [0, 0.1) is 0 Å². The number of alkyl halides is 1. The zero-order chi connectivity index (χ0) is 14.1. The second-order valence-electron chi connectivity index (χ2n) is 5.35. The van der Waals surface area contributed by atoms with E-state index < -0.39 is 0 Å². The van der Waals surface area contributed by atoms with Gasteiger partial charge in [-0.25, -0.2) is 0 Å². The molecule has 0 aromatic carbocycles. The van der Waals surface area contributed by atoms with Crippen molar-refractivity contribution in [1.29, 1.82) is 0 Å². The molecule has 3 rings (SSSR count). The highest BCUT2D eigenvalue weighted by molar-refractivity contribution is 6.17. The molecule has 1 aromatic rings. The van der Waals surface area contributed by atoms with E-state index in [4.69, 9.17) is 16.3 Å². The lowest BCUT2D eigenvalue weighted by Crippen LogP contribution is -2.58. The molecule has 2 atom stereocenters. The summed E-state index contributed by atoms with van der Waals surface area (Å²) in [6, 6.07) is 1.96. The zero-order valence-corrected chi connectivity index (χ0v) is 12.4. The largest absolute Gasteiger partial charge is 0.495 e. The molecular formula is C14H20ClN3O2. The highest BCUT2D eigenvalue weighted by Gasteiger charge is 2.41.